The van der Waals surface area contributed by atoms with E-state index in [1.807, 2.05) is 24.3 Å². The number of para-hydroxylation sites is 2. The minimum Gasteiger partial charge on any atom is -0.496 e. The molecule has 136 valence electrons. The first-order valence-corrected chi connectivity index (χ1v) is 9.47. The molecule has 2 fully saturated rings. The molecule has 2 aromatic carbocycles. The highest BCUT2D eigenvalue weighted by molar-refractivity contribution is 5.90. The number of carbonyl (C=O) groups excluding carboxylic acids is 1. The Bertz CT molecular complexity index is 763. The lowest BCUT2D eigenvalue weighted by Gasteiger charge is -2.46. The van der Waals surface area contributed by atoms with Crippen LogP contribution in [0.25, 0.3) is 0 Å². The Balaban J connectivity index is 1.50. The zero-order valence-electron chi connectivity index (χ0n) is 15.4. The summed E-state index contributed by atoms with van der Waals surface area (Å²) < 4.78 is 5.56. The lowest BCUT2D eigenvalue weighted by Crippen LogP contribution is -2.56. The van der Waals surface area contributed by atoms with Gasteiger partial charge in [0.1, 0.15) is 5.75 Å². The Kier molecular flexibility index (Phi) is 4.58. The summed E-state index contributed by atoms with van der Waals surface area (Å²) in [5, 5.41) is 0. The number of methoxy groups -OCH3 is 1. The van der Waals surface area contributed by atoms with E-state index < -0.39 is 0 Å². The van der Waals surface area contributed by atoms with Crippen molar-refractivity contribution in [2.24, 2.45) is 0 Å². The van der Waals surface area contributed by atoms with Crippen molar-refractivity contribution in [3.63, 3.8) is 0 Å². The summed E-state index contributed by atoms with van der Waals surface area (Å²) in [5.74, 6) is 1.12. The summed E-state index contributed by atoms with van der Waals surface area (Å²) in [6.45, 7) is 3.34. The summed E-state index contributed by atoms with van der Waals surface area (Å²) >= 11 is 0. The first-order valence-electron chi connectivity index (χ1n) is 9.47. The molecule has 1 saturated carbocycles. The monoisotopic (exact) mass is 350 g/mol. The van der Waals surface area contributed by atoms with E-state index in [2.05, 4.69) is 40.1 Å². The number of rotatable bonds is 4. The van der Waals surface area contributed by atoms with Gasteiger partial charge in [-0.25, -0.2) is 0 Å². The zero-order valence-corrected chi connectivity index (χ0v) is 15.4. The molecule has 2 aliphatic rings. The van der Waals surface area contributed by atoms with Crippen molar-refractivity contribution in [1.82, 2.24) is 4.90 Å². The molecule has 0 bridgehead atoms. The van der Waals surface area contributed by atoms with Crippen LogP contribution in [0, 0.1) is 0 Å². The van der Waals surface area contributed by atoms with Crippen LogP contribution in [0.15, 0.2) is 54.6 Å². The van der Waals surface area contributed by atoms with Crippen molar-refractivity contribution in [2.75, 3.05) is 38.2 Å². The van der Waals surface area contributed by atoms with Crippen LogP contribution in [0.3, 0.4) is 0 Å². The van der Waals surface area contributed by atoms with Gasteiger partial charge in [0.15, 0.2) is 0 Å². The number of carbonyl (C=O) groups is 1. The van der Waals surface area contributed by atoms with Crippen LogP contribution >= 0.6 is 0 Å². The van der Waals surface area contributed by atoms with Gasteiger partial charge in [0.05, 0.1) is 12.5 Å². The SMILES string of the molecule is COc1ccccc1C1(C(=O)N2CCN(c3ccccc3)CC2)CCC1. The highest BCUT2D eigenvalue weighted by Gasteiger charge is 2.49. The standard InChI is InChI=1S/C22H26N2O2/c1-26-20-11-6-5-10-19(20)22(12-7-13-22)21(25)24-16-14-23(15-17-24)18-8-3-2-4-9-18/h2-6,8-11H,7,12-17H2,1H3. The Morgan fingerprint density at radius 1 is 0.923 bits per heavy atom. The predicted octanol–water partition coefficient (Wildman–Crippen LogP) is 3.47. The molecular formula is C22H26N2O2. The number of nitrogens with zero attached hydrogens (tertiary/aromatic N) is 2. The fourth-order valence-electron chi connectivity index (χ4n) is 4.28. The summed E-state index contributed by atoms with van der Waals surface area (Å²) in [7, 11) is 1.69. The van der Waals surface area contributed by atoms with Gasteiger partial charge in [0.2, 0.25) is 5.91 Å². The van der Waals surface area contributed by atoms with Gasteiger partial charge >= 0.3 is 0 Å². The average molecular weight is 350 g/mol. The maximum absolute atomic E-state index is 13.5. The number of ether oxygens (including phenoxy) is 1. The molecule has 1 aliphatic carbocycles. The van der Waals surface area contributed by atoms with Crippen molar-refractivity contribution >= 4 is 11.6 Å². The van der Waals surface area contributed by atoms with E-state index in [0.717, 1.165) is 56.8 Å². The molecule has 2 aromatic rings. The summed E-state index contributed by atoms with van der Waals surface area (Å²) in [5.41, 5.74) is 1.91. The molecule has 1 aliphatic heterocycles. The van der Waals surface area contributed by atoms with Gasteiger partial charge in [-0.05, 0) is 31.0 Å². The third-order valence-corrected chi connectivity index (χ3v) is 5.93. The molecular weight excluding hydrogens is 324 g/mol. The minimum absolute atomic E-state index is 0.279. The number of hydrogen-bond acceptors (Lipinski definition) is 3. The molecule has 4 rings (SSSR count). The quantitative estimate of drug-likeness (QED) is 0.846. The average Bonchev–Trinajstić information content (AvgIpc) is 2.68. The lowest BCUT2D eigenvalue weighted by molar-refractivity contribution is -0.141. The number of amides is 1. The molecule has 0 spiro atoms. The third kappa shape index (κ3) is 2.83. The lowest BCUT2D eigenvalue weighted by atomic mass is 9.63. The summed E-state index contributed by atoms with van der Waals surface area (Å²) in [6, 6.07) is 18.5. The van der Waals surface area contributed by atoms with Crippen molar-refractivity contribution < 1.29 is 9.53 Å². The van der Waals surface area contributed by atoms with Crippen LogP contribution in [-0.2, 0) is 10.2 Å². The molecule has 0 unspecified atom stereocenters. The number of benzene rings is 2. The zero-order chi connectivity index (χ0) is 18.0. The first kappa shape index (κ1) is 17.0. The second-order valence-electron chi connectivity index (χ2n) is 7.25. The Morgan fingerprint density at radius 2 is 1.58 bits per heavy atom. The van der Waals surface area contributed by atoms with Crippen LogP contribution in [0.4, 0.5) is 5.69 Å². The van der Waals surface area contributed by atoms with Crippen molar-refractivity contribution in [3.05, 3.63) is 60.2 Å². The van der Waals surface area contributed by atoms with Gasteiger partial charge in [-0.15, -0.1) is 0 Å². The third-order valence-electron chi connectivity index (χ3n) is 5.93. The highest BCUT2D eigenvalue weighted by atomic mass is 16.5. The smallest absolute Gasteiger partial charge is 0.233 e. The fraction of sp³-hybridized carbons (Fsp3) is 0.409. The molecule has 1 heterocycles. The van der Waals surface area contributed by atoms with Crippen LogP contribution < -0.4 is 9.64 Å². The van der Waals surface area contributed by atoms with Gasteiger partial charge in [0, 0.05) is 37.4 Å². The fourth-order valence-corrected chi connectivity index (χ4v) is 4.28. The molecule has 0 radical (unpaired) electrons. The van der Waals surface area contributed by atoms with E-state index in [9.17, 15) is 4.79 Å². The number of piperazine rings is 1. The summed E-state index contributed by atoms with van der Waals surface area (Å²) in [4.78, 5) is 17.9. The summed E-state index contributed by atoms with van der Waals surface area (Å²) in [6.07, 6.45) is 2.95. The molecule has 1 saturated heterocycles. The predicted molar refractivity (Wildman–Crippen MR) is 104 cm³/mol. The van der Waals surface area contributed by atoms with E-state index in [1.165, 1.54) is 5.69 Å². The van der Waals surface area contributed by atoms with E-state index >= 15 is 0 Å². The van der Waals surface area contributed by atoms with Gasteiger partial charge in [0.25, 0.3) is 0 Å². The second kappa shape index (κ2) is 7.02. The number of anilines is 1. The molecule has 0 aromatic heterocycles. The first-order chi connectivity index (χ1) is 12.7. The molecule has 4 nitrogen and oxygen atoms in total. The van der Waals surface area contributed by atoms with Gasteiger partial charge in [-0.2, -0.15) is 0 Å². The van der Waals surface area contributed by atoms with Gasteiger partial charge in [-0.3, -0.25) is 4.79 Å². The van der Waals surface area contributed by atoms with Gasteiger partial charge < -0.3 is 14.5 Å². The minimum atomic E-state index is -0.387. The van der Waals surface area contributed by atoms with E-state index in [-0.39, 0.29) is 11.3 Å². The van der Waals surface area contributed by atoms with E-state index in [0.29, 0.717) is 0 Å². The van der Waals surface area contributed by atoms with Crippen molar-refractivity contribution in [2.45, 2.75) is 24.7 Å². The molecule has 4 heteroatoms. The normalized spacial score (nSPS) is 19.0. The Labute approximate surface area is 155 Å². The Morgan fingerprint density at radius 3 is 2.19 bits per heavy atom. The molecule has 26 heavy (non-hydrogen) atoms. The van der Waals surface area contributed by atoms with E-state index in [1.54, 1.807) is 7.11 Å². The largest absolute Gasteiger partial charge is 0.496 e. The van der Waals surface area contributed by atoms with Gasteiger partial charge in [-0.1, -0.05) is 42.8 Å². The second-order valence-corrected chi connectivity index (χ2v) is 7.25. The molecule has 1 amide bonds. The maximum Gasteiger partial charge on any atom is 0.233 e. The highest BCUT2D eigenvalue weighted by Crippen LogP contribution is 2.48. The van der Waals surface area contributed by atoms with Crippen LogP contribution in [0.5, 0.6) is 5.75 Å². The topological polar surface area (TPSA) is 32.8 Å². The van der Waals surface area contributed by atoms with Crippen LogP contribution in [-0.4, -0.2) is 44.1 Å². The van der Waals surface area contributed by atoms with Crippen molar-refractivity contribution in [1.29, 1.82) is 0 Å². The van der Waals surface area contributed by atoms with Crippen LogP contribution in [0.2, 0.25) is 0 Å². The molecule has 0 atom stereocenters. The number of hydrogen-bond donors (Lipinski definition) is 0. The Hall–Kier alpha value is -2.49. The molecule has 0 N–H and O–H groups in total. The van der Waals surface area contributed by atoms with E-state index in [4.69, 9.17) is 4.74 Å². The van der Waals surface area contributed by atoms with Crippen molar-refractivity contribution in [3.8, 4) is 5.75 Å². The van der Waals surface area contributed by atoms with Crippen LogP contribution in [0.1, 0.15) is 24.8 Å². The maximum atomic E-state index is 13.5.